The van der Waals surface area contributed by atoms with E-state index in [9.17, 15) is 19.2 Å². The first-order valence-corrected chi connectivity index (χ1v) is 34.7. The van der Waals surface area contributed by atoms with Crippen LogP contribution in [-0.2, 0) is 85.2 Å². The Bertz CT molecular complexity index is 4030. The number of hydrogen-bond donors (Lipinski definition) is 5. The minimum atomic E-state index is -0.660. The second kappa shape index (κ2) is 54.6. The lowest BCUT2D eigenvalue weighted by molar-refractivity contribution is -0.193. The SMILES string of the molecule is CC.CC.CC.CC(C)(C)CC(=O)C(c1c[nH]c2cc(Cl)ccc12)N(C=O)Cc1ccccc1.CCc1[nH]c2cc(Cl)ccc2c1C(C(=O)CC(C)(C)C)N(C=O)Cc1ccccc1.CCc1[nH]c2cc(Cl)ccc2c1OC.NCc1ccccc1.O=C=O.O=C=O.O=C=O.O=CO.[C-]#[N+]C(C)(C)C. The van der Waals surface area contributed by atoms with Gasteiger partial charge in [0.15, 0.2) is 11.6 Å². The molecule has 0 saturated heterocycles. The summed E-state index contributed by atoms with van der Waals surface area (Å²) >= 11 is 18.2. The number of Topliss-reactive ketones (excluding diaryl/α,β-unsaturated/α-hetero) is 2. The molecule has 0 aliphatic carbocycles. The number of fused-ring (bicyclic) bond motifs is 3. The van der Waals surface area contributed by atoms with Gasteiger partial charge in [-0.25, -0.2) is 6.57 Å². The molecule has 6 aromatic carbocycles. The lowest BCUT2D eigenvalue weighted by atomic mass is 9.85. The van der Waals surface area contributed by atoms with Crippen LogP contribution in [0.25, 0.3) is 37.6 Å². The summed E-state index contributed by atoms with van der Waals surface area (Å²) in [5, 5.41) is 11.8. The van der Waals surface area contributed by atoms with E-state index in [0.717, 1.165) is 103 Å². The number of nitrogens with one attached hydrogen (secondary N) is 3. The van der Waals surface area contributed by atoms with Crippen molar-refractivity contribution in [3.05, 3.63) is 217 Å². The molecule has 20 nitrogen and oxygen atoms in total. The third-order valence-electron chi connectivity index (χ3n) is 13.6. The summed E-state index contributed by atoms with van der Waals surface area (Å²) < 4.78 is 5.36. The molecule has 2 unspecified atom stereocenters. The van der Waals surface area contributed by atoms with Gasteiger partial charge in [-0.15, -0.1) is 0 Å². The van der Waals surface area contributed by atoms with Gasteiger partial charge in [0.25, 0.3) is 6.47 Å². The van der Waals surface area contributed by atoms with Crippen LogP contribution >= 0.6 is 34.8 Å². The van der Waals surface area contributed by atoms with Gasteiger partial charge in [-0.05, 0) is 82.8 Å². The number of carbonyl (C=O) groups excluding carboxylic acids is 10. The minimum Gasteiger partial charge on any atom is -0.494 e. The Kier molecular flexibility index (Phi) is 51.5. The van der Waals surface area contributed by atoms with Crippen molar-refractivity contribution in [1.29, 1.82) is 0 Å². The Morgan fingerprint density at radius 2 is 0.875 bits per heavy atom. The van der Waals surface area contributed by atoms with Crippen molar-refractivity contribution < 1.29 is 62.6 Å². The molecule has 0 saturated carbocycles. The number of halogens is 3. The molecule has 3 heterocycles. The van der Waals surface area contributed by atoms with Crippen molar-refractivity contribution in [3.63, 3.8) is 0 Å². The zero-order valence-corrected chi connectivity index (χ0v) is 65.4. The number of ketones is 2. The number of amides is 2. The van der Waals surface area contributed by atoms with E-state index in [0.29, 0.717) is 42.5 Å². The minimum absolute atomic E-state index is 0.0198. The molecule has 104 heavy (non-hydrogen) atoms. The molecular formula is C81H104Cl3N7O13. The highest BCUT2D eigenvalue weighted by Crippen LogP contribution is 2.38. The number of carbonyl (C=O) groups is 5. The summed E-state index contributed by atoms with van der Waals surface area (Å²) in [6, 6.07) is 45.1. The Hall–Kier alpha value is -10.0. The number of ether oxygens (including phenoxy) is 1. The van der Waals surface area contributed by atoms with Crippen molar-refractivity contribution in [2.75, 3.05) is 7.11 Å². The van der Waals surface area contributed by atoms with Gasteiger partial charge in [-0.3, -0.25) is 24.0 Å². The second-order valence-corrected chi connectivity index (χ2v) is 26.1. The van der Waals surface area contributed by atoms with E-state index in [1.165, 1.54) is 5.56 Å². The number of H-pyrrole nitrogens is 3. The predicted octanol–water partition coefficient (Wildman–Crippen LogP) is 18.9. The van der Waals surface area contributed by atoms with Gasteiger partial charge < -0.3 is 45.2 Å². The average Bonchev–Trinajstić information content (AvgIpc) is 1.62. The fourth-order valence-electron chi connectivity index (χ4n) is 9.74. The highest BCUT2D eigenvalue weighted by molar-refractivity contribution is 6.32. The van der Waals surface area contributed by atoms with Crippen molar-refractivity contribution in [2.45, 2.75) is 181 Å². The predicted molar refractivity (Wildman–Crippen MR) is 413 cm³/mol. The zero-order valence-electron chi connectivity index (χ0n) is 63.2. The quantitative estimate of drug-likeness (QED) is 0.0394. The van der Waals surface area contributed by atoms with Gasteiger partial charge in [-0.1, -0.05) is 235 Å². The summed E-state index contributed by atoms with van der Waals surface area (Å²) in [6.45, 7) is 41.6. The number of aromatic nitrogens is 3. The maximum atomic E-state index is 13.6. The topological polar surface area (TPSA) is 301 Å². The molecule has 6 N–H and O–H groups in total. The monoisotopic (exact) mass is 1490 g/mol. The van der Waals surface area contributed by atoms with E-state index in [4.69, 9.17) is 90.5 Å². The molecule has 0 aliphatic rings. The standard InChI is InChI=1S/C25H29ClN2O2.C23H25ClN2O2.C11H12ClNO.C7H9N.C5H9N.3C2H6.CH2O2.3CO2/c1-5-20-23(19-12-11-18(26)13-21(19)27-20)24(22(30)14-25(2,3)4)28(16-29)15-17-9-7-6-8-10-17;1-23(2,3)12-21(28)22(26(15-27)14-16-7-5-4-6-8-16)19-13-25-20-11-17(24)9-10-18(19)20;1-3-9-11(14-2)8-5-4-7(12)6-10(8)13-9;8-6-7-4-2-1-3-5-7;1-5(2,3)6-4;3*1-2;4*2-1-3/h6-13,16,24,27H,5,14-15H2,1-4H3;4-11,13,15,22,25H,12,14H2,1-3H3;4-6,13H,3H2,1-2H3;1-5H,6,8H2;1-3H3;3*1-2H3;1H,(H,2,3);;;. The highest BCUT2D eigenvalue weighted by Gasteiger charge is 2.35. The number of nitrogens with two attached hydrogens (primary N) is 1. The molecule has 2 atom stereocenters. The summed E-state index contributed by atoms with van der Waals surface area (Å²) in [6.07, 6.45) is 6.53. The smallest absolute Gasteiger partial charge is 0.373 e. The molecule has 9 rings (SSSR count). The van der Waals surface area contributed by atoms with Crippen LogP contribution in [0.1, 0.15) is 182 Å². The summed E-state index contributed by atoms with van der Waals surface area (Å²) in [4.78, 5) is 125. The maximum Gasteiger partial charge on any atom is 0.373 e. The van der Waals surface area contributed by atoms with E-state index in [1.807, 2.05) is 257 Å². The van der Waals surface area contributed by atoms with Crippen molar-refractivity contribution in [3.8, 4) is 5.75 Å². The fourth-order valence-corrected chi connectivity index (χ4v) is 10.3. The average molecular weight is 1490 g/mol. The summed E-state index contributed by atoms with van der Waals surface area (Å²) in [5.41, 5.74) is 14.5. The molecular weight excluding hydrogens is 1390 g/mol. The van der Waals surface area contributed by atoms with Crippen LogP contribution in [-0.4, -0.2) is 91.8 Å². The van der Waals surface area contributed by atoms with Crippen LogP contribution in [0, 0.1) is 17.4 Å². The maximum absolute atomic E-state index is 13.6. The van der Waals surface area contributed by atoms with E-state index < -0.39 is 12.1 Å². The van der Waals surface area contributed by atoms with Gasteiger partial charge in [-0.2, -0.15) is 28.8 Å². The molecule has 9 aromatic rings. The van der Waals surface area contributed by atoms with Gasteiger partial charge >= 0.3 is 18.5 Å². The first-order chi connectivity index (χ1) is 49.4. The fraction of sp³-hybridized carbons (Fsp3) is 0.370. The molecule has 0 fully saturated rings. The summed E-state index contributed by atoms with van der Waals surface area (Å²) in [5.74, 6) is 0.988. The van der Waals surface area contributed by atoms with Gasteiger partial charge in [0, 0.05) is 119 Å². The van der Waals surface area contributed by atoms with Gasteiger partial charge in [0.2, 0.25) is 18.4 Å². The molecule has 0 spiro atoms. The Balaban J connectivity index is -0.00000125. The number of rotatable bonds is 18. The molecule has 2 amide bonds. The van der Waals surface area contributed by atoms with Crippen LogP contribution < -0.4 is 10.5 Å². The number of aromatic amines is 3. The molecule has 23 heteroatoms. The Morgan fingerprint density at radius 1 is 0.548 bits per heavy atom. The number of aryl methyl sites for hydroxylation is 2. The third kappa shape index (κ3) is 37.2. The molecule has 0 bridgehead atoms. The van der Waals surface area contributed by atoms with E-state index >= 15 is 0 Å². The largest absolute Gasteiger partial charge is 0.494 e. The molecule has 3 aromatic heterocycles. The van der Waals surface area contributed by atoms with Crippen molar-refractivity contribution in [1.82, 2.24) is 24.8 Å². The van der Waals surface area contributed by atoms with Crippen molar-refractivity contribution >= 4 is 117 Å². The molecule has 0 aliphatic heterocycles. The second-order valence-electron chi connectivity index (χ2n) is 24.7. The lowest BCUT2D eigenvalue weighted by Crippen LogP contribution is -2.35. The van der Waals surface area contributed by atoms with E-state index in [2.05, 4.69) is 26.7 Å². The lowest BCUT2D eigenvalue weighted by Gasteiger charge is -2.30. The van der Waals surface area contributed by atoms with Crippen LogP contribution in [0.2, 0.25) is 15.1 Å². The van der Waals surface area contributed by atoms with Crippen LogP contribution in [0.5, 0.6) is 5.75 Å². The highest BCUT2D eigenvalue weighted by atomic mass is 35.5. The molecule has 562 valence electrons. The van der Waals surface area contributed by atoms with Crippen LogP contribution in [0.4, 0.5) is 0 Å². The van der Waals surface area contributed by atoms with E-state index in [-0.39, 0.29) is 52.9 Å². The first kappa shape index (κ1) is 98.1. The first-order valence-electron chi connectivity index (χ1n) is 33.6. The number of carboxylic acid groups (broad SMARTS) is 1. The number of benzene rings is 6. The van der Waals surface area contributed by atoms with Crippen LogP contribution in [0.15, 0.2) is 152 Å². The zero-order chi connectivity index (χ0) is 80.2. The Morgan fingerprint density at radius 3 is 1.21 bits per heavy atom. The molecule has 0 radical (unpaired) electrons. The summed E-state index contributed by atoms with van der Waals surface area (Å²) in [7, 11) is 1.69. The Labute approximate surface area is 628 Å². The van der Waals surface area contributed by atoms with Crippen LogP contribution in [0.3, 0.4) is 0 Å². The van der Waals surface area contributed by atoms with E-state index in [1.54, 1.807) is 23.0 Å². The van der Waals surface area contributed by atoms with Crippen molar-refractivity contribution in [2.24, 2.45) is 16.6 Å². The van der Waals surface area contributed by atoms with Gasteiger partial charge in [0.05, 0.1) is 18.3 Å². The normalized spacial score (nSPS) is 10.4. The number of methoxy groups -OCH3 is 1. The number of hydrogen-bond acceptors (Lipinski definition) is 13. The third-order valence-corrected chi connectivity index (χ3v) is 14.3. The number of nitrogens with zero attached hydrogens (tertiary/aromatic N) is 3. The van der Waals surface area contributed by atoms with Gasteiger partial charge in [0.1, 0.15) is 17.8 Å².